The van der Waals surface area contributed by atoms with Crippen LogP contribution in [-0.4, -0.2) is 28.5 Å². The van der Waals surface area contributed by atoms with Crippen LogP contribution in [0.4, 0.5) is 0 Å². The molecule has 1 saturated heterocycles. The first-order valence-corrected chi connectivity index (χ1v) is 6.47. The molecule has 0 radical (unpaired) electrons. The molecule has 4 heteroatoms. The number of amides is 1. The predicted molar refractivity (Wildman–Crippen MR) is 65.9 cm³/mol. The summed E-state index contributed by atoms with van der Waals surface area (Å²) in [6.45, 7) is 1.83. The summed E-state index contributed by atoms with van der Waals surface area (Å²) >= 11 is 1.69. The van der Waals surface area contributed by atoms with Crippen LogP contribution < -0.4 is 0 Å². The van der Waals surface area contributed by atoms with Crippen LogP contribution in [0.15, 0.2) is 17.5 Å². The third-order valence-electron chi connectivity index (χ3n) is 3.28. The highest BCUT2D eigenvalue weighted by Gasteiger charge is 2.22. The minimum absolute atomic E-state index is 0.184. The Balaban J connectivity index is 2.01. The molecule has 2 aromatic rings. The van der Waals surface area contributed by atoms with Gasteiger partial charge in [-0.25, -0.2) is 0 Å². The minimum atomic E-state index is 0.184. The number of aryl methyl sites for hydroxylation is 1. The number of thiophene rings is 1. The van der Waals surface area contributed by atoms with E-state index in [9.17, 15) is 4.79 Å². The van der Waals surface area contributed by atoms with Crippen molar-refractivity contribution in [3.63, 3.8) is 0 Å². The molecule has 16 heavy (non-hydrogen) atoms. The number of carbonyl (C=O) groups excluding carboxylic acids is 1. The summed E-state index contributed by atoms with van der Waals surface area (Å²) < 4.78 is 3.21. The van der Waals surface area contributed by atoms with Crippen molar-refractivity contribution in [2.45, 2.75) is 12.8 Å². The van der Waals surface area contributed by atoms with E-state index >= 15 is 0 Å². The molecule has 0 spiro atoms. The number of nitrogens with zero attached hydrogens (tertiary/aromatic N) is 2. The number of hydrogen-bond acceptors (Lipinski definition) is 2. The zero-order valence-corrected chi connectivity index (χ0v) is 10.1. The molecular formula is C12H14N2OS. The minimum Gasteiger partial charge on any atom is -0.339 e. The highest BCUT2D eigenvalue weighted by atomic mass is 32.1. The monoisotopic (exact) mass is 234 g/mol. The van der Waals surface area contributed by atoms with E-state index in [1.165, 1.54) is 4.70 Å². The topological polar surface area (TPSA) is 25.2 Å². The summed E-state index contributed by atoms with van der Waals surface area (Å²) in [6, 6.07) is 4.08. The van der Waals surface area contributed by atoms with Crippen LogP contribution in [0.1, 0.15) is 23.3 Å². The molecule has 0 aliphatic carbocycles. The van der Waals surface area contributed by atoms with Crippen molar-refractivity contribution in [1.29, 1.82) is 0 Å². The molecule has 2 aromatic heterocycles. The zero-order valence-electron chi connectivity index (χ0n) is 9.27. The van der Waals surface area contributed by atoms with Gasteiger partial charge in [-0.05, 0) is 30.4 Å². The standard InChI is InChI=1S/C12H14N2OS/c1-13-9-4-7-16-11(9)8-10(13)12(15)14-5-2-3-6-14/h4,7-8H,2-3,5-6H2,1H3. The van der Waals surface area contributed by atoms with E-state index in [-0.39, 0.29) is 5.91 Å². The number of likely N-dealkylation sites (tertiary alicyclic amines) is 1. The maximum atomic E-state index is 12.2. The Morgan fingerprint density at radius 2 is 2.12 bits per heavy atom. The Morgan fingerprint density at radius 3 is 2.81 bits per heavy atom. The summed E-state index contributed by atoms with van der Waals surface area (Å²) in [5, 5.41) is 2.06. The molecule has 1 fully saturated rings. The highest BCUT2D eigenvalue weighted by Crippen LogP contribution is 2.25. The van der Waals surface area contributed by atoms with E-state index in [2.05, 4.69) is 11.4 Å². The lowest BCUT2D eigenvalue weighted by atomic mass is 10.3. The van der Waals surface area contributed by atoms with Crippen molar-refractivity contribution in [3.8, 4) is 0 Å². The molecule has 3 heterocycles. The summed E-state index contributed by atoms with van der Waals surface area (Å²) in [6.07, 6.45) is 2.29. The van der Waals surface area contributed by atoms with Crippen LogP contribution in [0.3, 0.4) is 0 Å². The van der Waals surface area contributed by atoms with E-state index < -0.39 is 0 Å². The lowest BCUT2D eigenvalue weighted by molar-refractivity contribution is 0.0784. The molecule has 1 amide bonds. The molecule has 1 aliphatic heterocycles. The first-order chi connectivity index (χ1) is 7.77. The Kier molecular flexibility index (Phi) is 2.24. The third-order valence-corrected chi connectivity index (χ3v) is 4.13. The molecule has 0 unspecified atom stereocenters. The second kappa shape index (κ2) is 3.63. The second-order valence-corrected chi connectivity index (χ2v) is 5.21. The first kappa shape index (κ1) is 9.90. The van der Waals surface area contributed by atoms with Gasteiger partial charge in [-0.1, -0.05) is 0 Å². The summed E-state index contributed by atoms with van der Waals surface area (Å²) in [7, 11) is 1.97. The normalized spacial score (nSPS) is 16.2. The van der Waals surface area contributed by atoms with E-state index in [0.717, 1.165) is 37.1 Å². The fourth-order valence-corrected chi connectivity index (χ4v) is 3.19. The molecule has 3 rings (SSSR count). The van der Waals surface area contributed by atoms with Crippen molar-refractivity contribution in [2.75, 3.05) is 13.1 Å². The van der Waals surface area contributed by atoms with Gasteiger partial charge in [0.05, 0.1) is 10.2 Å². The van der Waals surface area contributed by atoms with Crippen LogP contribution in [0, 0.1) is 0 Å². The van der Waals surface area contributed by atoms with Crippen LogP contribution in [0.5, 0.6) is 0 Å². The quantitative estimate of drug-likeness (QED) is 0.744. The molecule has 0 atom stereocenters. The molecule has 0 bridgehead atoms. The van der Waals surface area contributed by atoms with Gasteiger partial charge in [-0.2, -0.15) is 0 Å². The lowest BCUT2D eigenvalue weighted by Gasteiger charge is -2.15. The average Bonchev–Trinajstić information content (AvgIpc) is 2.95. The van der Waals surface area contributed by atoms with Gasteiger partial charge in [-0.3, -0.25) is 4.79 Å². The van der Waals surface area contributed by atoms with Crippen molar-refractivity contribution >= 4 is 27.5 Å². The number of rotatable bonds is 1. The summed E-state index contributed by atoms with van der Waals surface area (Å²) in [5.41, 5.74) is 1.98. The lowest BCUT2D eigenvalue weighted by Crippen LogP contribution is -2.29. The molecule has 84 valence electrons. The van der Waals surface area contributed by atoms with Gasteiger partial charge in [0.25, 0.3) is 5.91 Å². The Hall–Kier alpha value is -1.29. The summed E-state index contributed by atoms with van der Waals surface area (Å²) in [5.74, 6) is 0.184. The van der Waals surface area contributed by atoms with E-state index in [0.29, 0.717) is 0 Å². The molecule has 0 saturated carbocycles. The van der Waals surface area contributed by atoms with E-state index in [1.54, 1.807) is 11.3 Å². The van der Waals surface area contributed by atoms with Crippen molar-refractivity contribution in [3.05, 3.63) is 23.2 Å². The van der Waals surface area contributed by atoms with Gasteiger partial charge < -0.3 is 9.47 Å². The van der Waals surface area contributed by atoms with Gasteiger partial charge in [0.2, 0.25) is 0 Å². The number of fused-ring (bicyclic) bond motifs is 1. The molecule has 0 aromatic carbocycles. The van der Waals surface area contributed by atoms with Gasteiger partial charge in [0.15, 0.2) is 0 Å². The van der Waals surface area contributed by atoms with Crippen molar-refractivity contribution < 1.29 is 4.79 Å². The predicted octanol–water partition coefficient (Wildman–Crippen LogP) is 2.48. The highest BCUT2D eigenvalue weighted by molar-refractivity contribution is 7.17. The van der Waals surface area contributed by atoms with Crippen molar-refractivity contribution in [2.24, 2.45) is 7.05 Å². The van der Waals surface area contributed by atoms with Gasteiger partial charge in [-0.15, -0.1) is 11.3 Å². The number of aromatic nitrogens is 1. The SMILES string of the molecule is Cn1c(C(=O)N2CCCC2)cc2sccc21. The largest absolute Gasteiger partial charge is 0.339 e. The maximum Gasteiger partial charge on any atom is 0.270 e. The van der Waals surface area contributed by atoms with Crippen LogP contribution >= 0.6 is 11.3 Å². The fraction of sp³-hybridized carbons (Fsp3) is 0.417. The van der Waals surface area contributed by atoms with Crippen LogP contribution in [0.25, 0.3) is 10.2 Å². The molecule has 0 N–H and O–H groups in total. The molecule has 3 nitrogen and oxygen atoms in total. The summed E-state index contributed by atoms with van der Waals surface area (Å²) in [4.78, 5) is 14.2. The van der Waals surface area contributed by atoms with Crippen molar-refractivity contribution in [1.82, 2.24) is 9.47 Å². The first-order valence-electron chi connectivity index (χ1n) is 5.59. The third kappa shape index (κ3) is 1.37. The second-order valence-electron chi connectivity index (χ2n) is 4.26. The van der Waals surface area contributed by atoms with Gasteiger partial charge in [0.1, 0.15) is 5.69 Å². The maximum absolute atomic E-state index is 12.2. The molecule has 1 aliphatic rings. The van der Waals surface area contributed by atoms with Gasteiger partial charge >= 0.3 is 0 Å². The van der Waals surface area contributed by atoms with Crippen LogP contribution in [0.2, 0.25) is 0 Å². The Bertz CT molecular complexity index is 534. The number of carbonyl (C=O) groups is 1. The average molecular weight is 234 g/mol. The van der Waals surface area contributed by atoms with Gasteiger partial charge in [0, 0.05) is 20.1 Å². The smallest absolute Gasteiger partial charge is 0.270 e. The molecular weight excluding hydrogens is 220 g/mol. The van der Waals surface area contributed by atoms with Crippen LogP contribution in [-0.2, 0) is 7.05 Å². The Morgan fingerprint density at radius 1 is 1.38 bits per heavy atom. The van der Waals surface area contributed by atoms with E-state index in [1.807, 2.05) is 22.6 Å². The Labute approximate surface area is 98.3 Å². The van der Waals surface area contributed by atoms with E-state index in [4.69, 9.17) is 0 Å². The fourth-order valence-electron chi connectivity index (χ4n) is 2.34. The number of hydrogen-bond donors (Lipinski definition) is 0. The zero-order chi connectivity index (χ0) is 11.1.